The Morgan fingerprint density at radius 2 is 1.82 bits per heavy atom. The minimum atomic E-state index is -0.996. The van der Waals surface area contributed by atoms with E-state index >= 15 is 0 Å². The fourth-order valence-electron chi connectivity index (χ4n) is 3.40. The fourth-order valence-corrected chi connectivity index (χ4v) is 3.91. The molecule has 0 aliphatic carbocycles. The number of nitro benzene ring substituents is 1. The van der Waals surface area contributed by atoms with Crippen LogP contribution in [0.5, 0.6) is 5.75 Å². The molecule has 1 saturated heterocycles. The van der Waals surface area contributed by atoms with Crippen molar-refractivity contribution in [3.8, 4) is 5.75 Å². The molecular formula is C25H16BrFN4O7. The second-order valence-corrected chi connectivity index (χ2v) is 8.59. The number of nitrogens with one attached hydrogen (secondary N) is 2. The minimum absolute atomic E-state index is 0.0128. The minimum Gasteiger partial charge on any atom is -0.483 e. The zero-order valence-electron chi connectivity index (χ0n) is 19.1. The van der Waals surface area contributed by atoms with Gasteiger partial charge in [0.05, 0.1) is 20.8 Å². The molecule has 0 radical (unpaired) electrons. The molecule has 3 aromatic rings. The number of para-hydroxylation sites is 1. The third-order valence-corrected chi connectivity index (χ3v) is 5.81. The van der Waals surface area contributed by atoms with Gasteiger partial charge in [-0.2, -0.15) is 0 Å². The molecule has 1 aliphatic rings. The van der Waals surface area contributed by atoms with Crippen LogP contribution in [0, 0.1) is 15.9 Å². The first-order valence-electron chi connectivity index (χ1n) is 10.8. The Morgan fingerprint density at radius 1 is 1.11 bits per heavy atom. The van der Waals surface area contributed by atoms with Crippen LogP contribution in [-0.2, 0) is 14.4 Å². The number of benzene rings is 3. The summed E-state index contributed by atoms with van der Waals surface area (Å²) < 4.78 is 19.5. The van der Waals surface area contributed by atoms with Gasteiger partial charge in [0.15, 0.2) is 6.61 Å². The smallest absolute Gasteiger partial charge is 0.335 e. The second kappa shape index (κ2) is 11.0. The Morgan fingerprint density at radius 3 is 2.47 bits per heavy atom. The van der Waals surface area contributed by atoms with Gasteiger partial charge in [0.1, 0.15) is 17.1 Å². The van der Waals surface area contributed by atoms with Gasteiger partial charge in [0.2, 0.25) is 0 Å². The van der Waals surface area contributed by atoms with E-state index in [1.54, 1.807) is 6.07 Å². The molecule has 1 heterocycles. The number of rotatable bonds is 7. The molecule has 2 N–H and O–H groups in total. The maximum atomic E-state index is 13.7. The van der Waals surface area contributed by atoms with Crippen LogP contribution in [0.3, 0.4) is 0 Å². The molecule has 1 fully saturated rings. The molecule has 0 atom stereocenters. The van der Waals surface area contributed by atoms with E-state index in [0.717, 1.165) is 12.1 Å². The van der Waals surface area contributed by atoms with E-state index in [1.165, 1.54) is 54.6 Å². The molecule has 0 spiro atoms. The average Bonchev–Trinajstić information content (AvgIpc) is 2.87. The number of halogens is 2. The summed E-state index contributed by atoms with van der Waals surface area (Å²) in [5, 5.41) is 15.3. The molecule has 0 saturated carbocycles. The van der Waals surface area contributed by atoms with Crippen LogP contribution >= 0.6 is 15.9 Å². The Hall–Kier alpha value is -4.91. The SMILES string of the molecule is O=C(COc1ccc(/C=C2/C(=O)NC(=O)N(c3ccc([N+](=O)[O-])cc3)C2=O)cc1Br)Nc1ccccc1F. The highest BCUT2D eigenvalue weighted by molar-refractivity contribution is 9.10. The van der Waals surface area contributed by atoms with Gasteiger partial charge in [0, 0.05) is 12.1 Å². The van der Waals surface area contributed by atoms with E-state index in [0.29, 0.717) is 14.9 Å². The number of urea groups is 1. The first-order valence-corrected chi connectivity index (χ1v) is 11.6. The van der Waals surface area contributed by atoms with E-state index < -0.39 is 41.1 Å². The maximum absolute atomic E-state index is 13.7. The summed E-state index contributed by atoms with van der Waals surface area (Å²) in [7, 11) is 0. The molecule has 5 amide bonds. The molecule has 3 aromatic carbocycles. The lowest BCUT2D eigenvalue weighted by atomic mass is 10.1. The predicted octanol–water partition coefficient (Wildman–Crippen LogP) is 4.18. The van der Waals surface area contributed by atoms with Crippen molar-refractivity contribution < 1.29 is 33.2 Å². The van der Waals surface area contributed by atoms with E-state index in [1.807, 2.05) is 0 Å². The standard InChI is InChI=1S/C25H16BrFN4O7/c26-18-12-14(5-10-21(18)38-13-22(32)28-20-4-2-1-3-19(20)27)11-17-23(33)29-25(35)30(24(17)34)15-6-8-16(9-7-15)31(36)37/h1-12H,13H2,(H,28,32)(H,29,33,35)/b17-11-. The molecule has 0 unspecified atom stereocenters. The van der Waals surface area contributed by atoms with Crippen molar-refractivity contribution in [1.29, 1.82) is 0 Å². The van der Waals surface area contributed by atoms with Gasteiger partial charge in [-0.3, -0.25) is 29.8 Å². The normalized spacial score (nSPS) is 14.3. The second-order valence-electron chi connectivity index (χ2n) is 7.74. The van der Waals surface area contributed by atoms with Crippen LogP contribution in [-0.4, -0.2) is 35.3 Å². The van der Waals surface area contributed by atoms with Crippen LogP contribution in [0.4, 0.5) is 26.2 Å². The third kappa shape index (κ3) is 5.73. The zero-order chi connectivity index (χ0) is 27.4. The van der Waals surface area contributed by atoms with Crippen LogP contribution < -0.4 is 20.3 Å². The number of imide groups is 2. The molecular weight excluding hydrogens is 567 g/mol. The molecule has 11 nitrogen and oxygen atoms in total. The first kappa shape index (κ1) is 26.2. The van der Waals surface area contributed by atoms with Crippen molar-refractivity contribution in [2.75, 3.05) is 16.8 Å². The van der Waals surface area contributed by atoms with E-state index in [4.69, 9.17) is 4.74 Å². The number of non-ortho nitro benzene ring substituents is 1. The van der Waals surface area contributed by atoms with Crippen molar-refractivity contribution in [3.63, 3.8) is 0 Å². The van der Waals surface area contributed by atoms with Gasteiger partial charge in [-0.25, -0.2) is 14.1 Å². The topological polar surface area (TPSA) is 148 Å². The number of nitro groups is 1. The molecule has 0 bridgehead atoms. The molecule has 0 aromatic heterocycles. The number of nitrogens with zero attached hydrogens (tertiary/aromatic N) is 2. The summed E-state index contributed by atoms with van der Waals surface area (Å²) in [5.74, 6) is -2.76. The maximum Gasteiger partial charge on any atom is 0.335 e. The lowest BCUT2D eigenvalue weighted by molar-refractivity contribution is -0.384. The van der Waals surface area contributed by atoms with Gasteiger partial charge < -0.3 is 10.1 Å². The highest BCUT2D eigenvalue weighted by Crippen LogP contribution is 2.29. The van der Waals surface area contributed by atoms with Crippen molar-refractivity contribution in [2.24, 2.45) is 0 Å². The van der Waals surface area contributed by atoms with Crippen LogP contribution in [0.15, 0.2) is 76.8 Å². The quantitative estimate of drug-likeness (QED) is 0.184. The zero-order valence-corrected chi connectivity index (χ0v) is 20.7. The molecule has 13 heteroatoms. The van der Waals surface area contributed by atoms with E-state index in [9.17, 15) is 33.7 Å². The van der Waals surface area contributed by atoms with Gasteiger partial charge in [-0.05, 0) is 64.0 Å². The Kier molecular flexibility index (Phi) is 7.58. The van der Waals surface area contributed by atoms with Gasteiger partial charge >= 0.3 is 6.03 Å². The number of hydrogen-bond acceptors (Lipinski definition) is 7. The summed E-state index contributed by atoms with van der Waals surface area (Å²) in [6.45, 7) is -0.416. The summed E-state index contributed by atoms with van der Waals surface area (Å²) in [6.07, 6.45) is 1.25. The lowest BCUT2D eigenvalue weighted by Gasteiger charge is -2.26. The number of barbiturate groups is 1. The van der Waals surface area contributed by atoms with Gasteiger partial charge in [0.25, 0.3) is 23.4 Å². The average molecular weight is 583 g/mol. The number of ether oxygens (including phenoxy) is 1. The van der Waals surface area contributed by atoms with E-state index in [-0.39, 0.29) is 28.4 Å². The summed E-state index contributed by atoms with van der Waals surface area (Å²) in [5.41, 5.74) is -0.152. The molecule has 4 rings (SSSR count). The predicted molar refractivity (Wildman–Crippen MR) is 137 cm³/mol. The number of anilines is 2. The van der Waals surface area contributed by atoms with Gasteiger partial charge in [-0.1, -0.05) is 18.2 Å². The molecule has 38 heavy (non-hydrogen) atoms. The fraction of sp³-hybridized carbons (Fsp3) is 0.0400. The third-order valence-electron chi connectivity index (χ3n) is 5.19. The summed E-state index contributed by atoms with van der Waals surface area (Å²) >= 11 is 3.30. The van der Waals surface area contributed by atoms with Crippen molar-refractivity contribution >= 4 is 62.8 Å². The first-order chi connectivity index (χ1) is 18.1. The molecule has 1 aliphatic heterocycles. The highest BCUT2D eigenvalue weighted by Gasteiger charge is 2.37. The summed E-state index contributed by atoms with van der Waals surface area (Å²) in [4.78, 5) is 60.8. The molecule has 192 valence electrons. The van der Waals surface area contributed by atoms with Crippen molar-refractivity contribution in [2.45, 2.75) is 0 Å². The Bertz CT molecular complexity index is 1510. The largest absolute Gasteiger partial charge is 0.483 e. The number of hydrogen-bond donors (Lipinski definition) is 2. The summed E-state index contributed by atoms with van der Waals surface area (Å²) in [6, 6.07) is 13.9. The lowest BCUT2D eigenvalue weighted by Crippen LogP contribution is -2.54. The van der Waals surface area contributed by atoms with E-state index in [2.05, 4.69) is 26.6 Å². The van der Waals surface area contributed by atoms with Gasteiger partial charge in [-0.15, -0.1) is 0 Å². The number of carbonyl (C=O) groups excluding carboxylic acids is 4. The number of carbonyl (C=O) groups is 4. The monoisotopic (exact) mass is 582 g/mol. The van der Waals surface area contributed by atoms with Crippen LogP contribution in [0.1, 0.15) is 5.56 Å². The van der Waals surface area contributed by atoms with Crippen LogP contribution in [0.25, 0.3) is 6.08 Å². The highest BCUT2D eigenvalue weighted by atomic mass is 79.9. The Balaban J connectivity index is 1.48. The van der Waals surface area contributed by atoms with Crippen molar-refractivity contribution in [3.05, 3.63) is 98.3 Å². The Labute approximate surface area is 222 Å². The number of amides is 5. The van der Waals surface area contributed by atoms with Crippen LogP contribution in [0.2, 0.25) is 0 Å². The van der Waals surface area contributed by atoms with Crippen molar-refractivity contribution in [1.82, 2.24) is 5.32 Å².